The Morgan fingerprint density at radius 1 is 1.22 bits per heavy atom. The molecule has 2 aliphatic heterocycles. The van der Waals surface area contributed by atoms with Gasteiger partial charge in [0.1, 0.15) is 0 Å². The normalized spacial score (nSPS) is 23.9. The van der Waals surface area contributed by atoms with Crippen LogP contribution in [0.4, 0.5) is 0 Å². The van der Waals surface area contributed by atoms with Gasteiger partial charge in [-0.1, -0.05) is 0 Å². The van der Waals surface area contributed by atoms with Crippen LogP contribution in [0.3, 0.4) is 0 Å². The molecule has 18 heavy (non-hydrogen) atoms. The van der Waals surface area contributed by atoms with Crippen LogP contribution in [-0.4, -0.2) is 50.7 Å². The fourth-order valence-electron chi connectivity index (χ4n) is 3.31. The lowest BCUT2D eigenvalue weighted by Crippen LogP contribution is -2.38. The number of carbonyl (C=O) groups is 1. The minimum atomic E-state index is 0.267. The molecule has 2 saturated heterocycles. The Morgan fingerprint density at radius 3 is 2.72 bits per heavy atom. The highest BCUT2D eigenvalue weighted by molar-refractivity contribution is 5.76. The molecule has 0 radical (unpaired) electrons. The summed E-state index contributed by atoms with van der Waals surface area (Å²) in [5.74, 6) is 0.267. The van der Waals surface area contributed by atoms with E-state index in [1.165, 1.54) is 32.1 Å². The van der Waals surface area contributed by atoms with Crippen molar-refractivity contribution in [3.63, 3.8) is 0 Å². The molecule has 4 heteroatoms. The monoisotopic (exact) mass is 254 g/mol. The van der Waals surface area contributed by atoms with Gasteiger partial charge in [-0.15, -0.1) is 0 Å². The van der Waals surface area contributed by atoms with Crippen LogP contribution in [-0.2, 0) is 9.53 Å². The van der Waals surface area contributed by atoms with Crippen LogP contribution in [0.5, 0.6) is 0 Å². The summed E-state index contributed by atoms with van der Waals surface area (Å²) in [7, 11) is 1.65. The molecule has 0 atom stereocenters. The predicted molar refractivity (Wildman–Crippen MR) is 71.5 cm³/mol. The molecule has 4 nitrogen and oxygen atoms in total. The Labute approximate surface area is 110 Å². The first kappa shape index (κ1) is 13.8. The number of amides is 1. The second-order valence-corrected chi connectivity index (χ2v) is 5.73. The van der Waals surface area contributed by atoms with Gasteiger partial charge in [0, 0.05) is 20.2 Å². The summed E-state index contributed by atoms with van der Waals surface area (Å²) in [6.45, 7) is 4.74. The minimum Gasteiger partial charge on any atom is -0.384 e. The fourth-order valence-corrected chi connectivity index (χ4v) is 3.31. The minimum absolute atomic E-state index is 0.267. The second-order valence-electron chi connectivity index (χ2n) is 5.73. The zero-order valence-corrected chi connectivity index (χ0v) is 11.5. The van der Waals surface area contributed by atoms with Crippen LogP contribution < -0.4 is 5.32 Å². The van der Waals surface area contributed by atoms with Crippen molar-refractivity contribution < 1.29 is 9.53 Å². The molecule has 1 spiro atoms. The van der Waals surface area contributed by atoms with Crippen molar-refractivity contribution in [3.8, 4) is 0 Å². The van der Waals surface area contributed by atoms with E-state index in [1.807, 2.05) is 0 Å². The van der Waals surface area contributed by atoms with Gasteiger partial charge in [-0.05, 0) is 50.6 Å². The largest absolute Gasteiger partial charge is 0.384 e. The van der Waals surface area contributed by atoms with Gasteiger partial charge in [-0.25, -0.2) is 0 Å². The predicted octanol–water partition coefficient (Wildman–Crippen LogP) is 1.41. The SMILES string of the molecule is COCCC(=O)N1CCCC2(CCNCC2)CC1. The highest BCUT2D eigenvalue weighted by atomic mass is 16.5. The summed E-state index contributed by atoms with van der Waals surface area (Å²) in [6.07, 6.45) is 6.75. The van der Waals surface area contributed by atoms with Gasteiger partial charge in [0.05, 0.1) is 13.0 Å². The number of methoxy groups -OCH3 is 1. The third-order valence-electron chi connectivity index (χ3n) is 4.58. The Bertz CT molecular complexity index is 275. The maximum atomic E-state index is 12.0. The third kappa shape index (κ3) is 3.45. The molecule has 2 rings (SSSR count). The Hall–Kier alpha value is -0.610. The summed E-state index contributed by atoms with van der Waals surface area (Å²) >= 11 is 0. The molecule has 0 aromatic heterocycles. The summed E-state index contributed by atoms with van der Waals surface area (Å²) in [5, 5.41) is 3.44. The van der Waals surface area contributed by atoms with Crippen molar-refractivity contribution >= 4 is 5.91 Å². The van der Waals surface area contributed by atoms with Crippen LogP contribution in [0.15, 0.2) is 0 Å². The molecule has 0 unspecified atom stereocenters. The topological polar surface area (TPSA) is 41.6 Å². The second kappa shape index (κ2) is 6.53. The molecule has 0 aromatic rings. The van der Waals surface area contributed by atoms with Crippen molar-refractivity contribution in [3.05, 3.63) is 0 Å². The van der Waals surface area contributed by atoms with Gasteiger partial charge in [0.2, 0.25) is 5.91 Å². The highest BCUT2D eigenvalue weighted by Crippen LogP contribution is 2.39. The van der Waals surface area contributed by atoms with Crippen molar-refractivity contribution in [1.82, 2.24) is 10.2 Å². The Kier molecular flexibility index (Phi) is 5.01. The molecular formula is C14H26N2O2. The molecule has 0 bridgehead atoms. The maximum absolute atomic E-state index is 12.0. The van der Waals surface area contributed by atoms with E-state index in [0.29, 0.717) is 18.4 Å². The molecule has 0 aromatic carbocycles. The average Bonchev–Trinajstić information content (AvgIpc) is 2.60. The molecular weight excluding hydrogens is 228 g/mol. The van der Waals surface area contributed by atoms with E-state index in [4.69, 9.17) is 4.74 Å². The number of nitrogens with one attached hydrogen (secondary N) is 1. The Morgan fingerprint density at radius 2 is 2.00 bits per heavy atom. The van der Waals surface area contributed by atoms with Crippen LogP contribution in [0.25, 0.3) is 0 Å². The zero-order valence-electron chi connectivity index (χ0n) is 11.5. The number of rotatable bonds is 3. The standard InChI is InChI=1S/C14H26N2O2/c1-18-12-3-13(17)16-10-2-4-14(7-11-16)5-8-15-9-6-14/h15H,2-12H2,1H3. The molecule has 104 valence electrons. The highest BCUT2D eigenvalue weighted by Gasteiger charge is 2.34. The molecule has 1 N–H and O–H groups in total. The third-order valence-corrected chi connectivity index (χ3v) is 4.58. The first-order valence-electron chi connectivity index (χ1n) is 7.23. The lowest BCUT2D eigenvalue weighted by Gasteiger charge is -2.37. The summed E-state index contributed by atoms with van der Waals surface area (Å²) in [5.41, 5.74) is 0.515. The van der Waals surface area contributed by atoms with E-state index in [-0.39, 0.29) is 5.91 Å². The number of nitrogens with zero attached hydrogens (tertiary/aromatic N) is 1. The van der Waals surface area contributed by atoms with Gasteiger partial charge >= 0.3 is 0 Å². The van der Waals surface area contributed by atoms with Crippen LogP contribution in [0, 0.1) is 5.41 Å². The average molecular weight is 254 g/mol. The summed E-state index contributed by atoms with van der Waals surface area (Å²) in [4.78, 5) is 14.1. The number of piperidine rings is 1. The molecule has 1 amide bonds. The quantitative estimate of drug-likeness (QED) is 0.828. The number of hydrogen-bond acceptors (Lipinski definition) is 3. The van der Waals surface area contributed by atoms with Gasteiger partial charge in [0.25, 0.3) is 0 Å². The van der Waals surface area contributed by atoms with E-state index >= 15 is 0 Å². The van der Waals surface area contributed by atoms with E-state index in [0.717, 1.165) is 26.2 Å². The van der Waals surface area contributed by atoms with E-state index < -0.39 is 0 Å². The van der Waals surface area contributed by atoms with E-state index in [1.54, 1.807) is 7.11 Å². The molecule has 0 aliphatic carbocycles. The number of hydrogen-bond donors (Lipinski definition) is 1. The number of likely N-dealkylation sites (tertiary alicyclic amines) is 1. The molecule has 0 saturated carbocycles. The Balaban J connectivity index is 1.85. The van der Waals surface area contributed by atoms with Crippen LogP contribution >= 0.6 is 0 Å². The van der Waals surface area contributed by atoms with Crippen molar-refractivity contribution in [1.29, 1.82) is 0 Å². The maximum Gasteiger partial charge on any atom is 0.224 e. The first-order valence-corrected chi connectivity index (χ1v) is 7.23. The van der Waals surface area contributed by atoms with Crippen LogP contribution in [0.2, 0.25) is 0 Å². The van der Waals surface area contributed by atoms with Crippen molar-refractivity contribution in [2.75, 3.05) is 39.9 Å². The fraction of sp³-hybridized carbons (Fsp3) is 0.929. The molecule has 2 aliphatic rings. The summed E-state index contributed by atoms with van der Waals surface area (Å²) < 4.78 is 4.99. The number of ether oxygens (including phenoxy) is 1. The van der Waals surface area contributed by atoms with E-state index in [9.17, 15) is 4.79 Å². The summed E-state index contributed by atoms with van der Waals surface area (Å²) in [6, 6.07) is 0. The first-order chi connectivity index (χ1) is 8.76. The smallest absolute Gasteiger partial charge is 0.224 e. The van der Waals surface area contributed by atoms with Crippen LogP contribution in [0.1, 0.15) is 38.5 Å². The zero-order chi connectivity index (χ0) is 12.8. The van der Waals surface area contributed by atoms with Gasteiger partial charge in [-0.2, -0.15) is 0 Å². The van der Waals surface area contributed by atoms with E-state index in [2.05, 4.69) is 10.2 Å². The number of carbonyl (C=O) groups excluding carboxylic acids is 1. The van der Waals surface area contributed by atoms with Gasteiger partial charge in [0.15, 0.2) is 0 Å². The lowest BCUT2D eigenvalue weighted by atomic mass is 9.73. The van der Waals surface area contributed by atoms with Gasteiger partial charge < -0.3 is 15.0 Å². The van der Waals surface area contributed by atoms with Crippen molar-refractivity contribution in [2.24, 2.45) is 5.41 Å². The van der Waals surface area contributed by atoms with Gasteiger partial charge in [-0.3, -0.25) is 4.79 Å². The molecule has 2 fully saturated rings. The lowest BCUT2D eigenvalue weighted by molar-refractivity contribution is -0.132. The molecule has 2 heterocycles. The van der Waals surface area contributed by atoms with Crippen molar-refractivity contribution in [2.45, 2.75) is 38.5 Å².